The van der Waals surface area contributed by atoms with Gasteiger partial charge >= 0.3 is 0 Å². The van der Waals surface area contributed by atoms with Crippen LogP contribution in [0.5, 0.6) is 11.5 Å². The Morgan fingerprint density at radius 1 is 1.21 bits per heavy atom. The molecule has 3 unspecified atom stereocenters. The van der Waals surface area contributed by atoms with Crippen LogP contribution in [0, 0.1) is 11.8 Å². The van der Waals surface area contributed by atoms with Crippen LogP contribution in [0.1, 0.15) is 31.7 Å². The van der Waals surface area contributed by atoms with Crippen LogP contribution < -0.4 is 9.47 Å². The zero-order chi connectivity index (χ0) is 13.8. The van der Waals surface area contributed by atoms with Crippen molar-refractivity contribution in [2.45, 2.75) is 38.7 Å². The van der Waals surface area contributed by atoms with E-state index >= 15 is 0 Å². The monoisotopic (exact) mass is 264 g/mol. The highest BCUT2D eigenvalue weighted by Gasteiger charge is 2.29. The lowest BCUT2D eigenvalue weighted by Gasteiger charge is -2.22. The maximum Gasteiger partial charge on any atom is 0.160 e. The Morgan fingerprint density at radius 3 is 2.53 bits per heavy atom. The largest absolute Gasteiger partial charge is 0.493 e. The van der Waals surface area contributed by atoms with E-state index in [4.69, 9.17) is 9.47 Å². The molecule has 1 saturated carbocycles. The number of aliphatic hydroxyl groups is 1. The molecule has 0 radical (unpaired) electrons. The maximum absolute atomic E-state index is 10.4. The third-order valence-electron chi connectivity index (χ3n) is 4.31. The molecule has 0 bridgehead atoms. The van der Waals surface area contributed by atoms with Gasteiger partial charge in [0.15, 0.2) is 11.5 Å². The summed E-state index contributed by atoms with van der Waals surface area (Å²) in [7, 11) is 3.27. The van der Waals surface area contributed by atoms with Gasteiger partial charge in [0.05, 0.1) is 20.3 Å². The third-order valence-corrected chi connectivity index (χ3v) is 4.31. The molecule has 0 spiro atoms. The number of hydrogen-bond donors (Lipinski definition) is 1. The summed E-state index contributed by atoms with van der Waals surface area (Å²) in [5.41, 5.74) is 1.10. The minimum absolute atomic E-state index is 0.254. The fraction of sp³-hybridized carbons (Fsp3) is 0.625. The van der Waals surface area contributed by atoms with Crippen molar-refractivity contribution in [1.82, 2.24) is 0 Å². The highest BCUT2D eigenvalue weighted by atomic mass is 16.5. The fourth-order valence-electron chi connectivity index (χ4n) is 3.15. The summed E-state index contributed by atoms with van der Waals surface area (Å²) in [5.74, 6) is 2.53. The summed E-state index contributed by atoms with van der Waals surface area (Å²) in [4.78, 5) is 0. The van der Waals surface area contributed by atoms with E-state index < -0.39 is 0 Å². The van der Waals surface area contributed by atoms with Gasteiger partial charge in [-0.05, 0) is 42.4 Å². The van der Waals surface area contributed by atoms with Crippen molar-refractivity contribution >= 4 is 0 Å². The van der Waals surface area contributed by atoms with Gasteiger partial charge in [-0.1, -0.05) is 25.8 Å². The maximum atomic E-state index is 10.4. The van der Waals surface area contributed by atoms with Crippen LogP contribution in [0.25, 0.3) is 0 Å². The van der Waals surface area contributed by atoms with E-state index in [0.717, 1.165) is 23.5 Å². The first-order chi connectivity index (χ1) is 9.15. The van der Waals surface area contributed by atoms with Gasteiger partial charge in [0.2, 0.25) is 0 Å². The van der Waals surface area contributed by atoms with Gasteiger partial charge in [0.25, 0.3) is 0 Å². The molecule has 3 heteroatoms. The summed E-state index contributed by atoms with van der Waals surface area (Å²) in [5, 5.41) is 10.4. The molecule has 19 heavy (non-hydrogen) atoms. The van der Waals surface area contributed by atoms with Crippen LogP contribution in [-0.4, -0.2) is 25.4 Å². The molecule has 3 atom stereocenters. The van der Waals surface area contributed by atoms with Crippen molar-refractivity contribution in [1.29, 1.82) is 0 Å². The van der Waals surface area contributed by atoms with Gasteiger partial charge in [-0.3, -0.25) is 0 Å². The quantitative estimate of drug-likeness (QED) is 0.888. The van der Waals surface area contributed by atoms with E-state index in [1.54, 1.807) is 14.2 Å². The SMILES string of the molecule is COc1ccc(CC(O)C2CCCC2C)cc1OC. The molecule has 1 aromatic rings. The molecule has 1 aliphatic rings. The number of benzene rings is 1. The molecule has 0 heterocycles. The normalized spacial score (nSPS) is 24.2. The van der Waals surface area contributed by atoms with Gasteiger partial charge < -0.3 is 14.6 Å². The minimum Gasteiger partial charge on any atom is -0.493 e. The highest BCUT2D eigenvalue weighted by Crippen LogP contribution is 2.35. The van der Waals surface area contributed by atoms with Gasteiger partial charge in [0, 0.05) is 0 Å². The highest BCUT2D eigenvalue weighted by molar-refractivity contribution is 5.43. The van der Waals surface area contributed by atoms with Crippen LogP contribution in [0.3, 0.4) is 0 Å². The van der Waals surface area contributed by atoms with Crippen LogP contribution in [0.15, 0.2) is 18.2 Å². The first-order valence-electron chi connectivity index (χ1n) is 7.04. The minimum atomic E-state index is -0.254. The van der Waals surface area contributed by atoms with Crippen molar-refractivity contribution in [3.63, 3.8) is 0 Å². The smallest absolute Gasteiger partial charge is 0.160 e. The number of hydrogen-bond acceptors (Lipinski definition) is 3. The molecule has 1 aliphatic carbocycles. The summed E-state index contributed by atoms with van der Waals surface area (Å²) < 4.78 is 10.5. The molecule has 1 aromatic carbocycles. The van der Waals surface area contributed by atoms with Crippen LogP contribution in [0.2, 0.25) is 0 Å². The predicted molar refractivity (Wildman–Crippen MR) is 75.8 cm³/mol. The van der Waals surface area contributed by atoms with E-state index in [0.29, 0.717) is 18.3 Å². The van der Waals surface area contributed by atoms with E-state index in [2.05, 4.69) is 6.92 Å². The van der Waals surface area contributed by atoms with Crippen molar-refractivity contribution in [3.05, 3.63) is 23.8 Å². The zero-order valence-electron chi connectivity index (χ0n) is 12.1. The number of aliphatic hydroxyl groups excluding tert-OH is 1. The zero-order valence-corrected chi connectivity index (χ0v) is 12.1. The van der Waals surface area contributed by atoms with E-state index in [1.165, 1.54) is 12.8 Å². The second-order valence-corrected chi connectivity index (χ2v) is 5.53. The Labute approximate surface area is 115 Å². The Morgan fingerprint density at radius 2 is 1.95 bits per heavy atom. The van der Waals surface area contributed by atoms with Crippen LogP contribution in [-0.2, 0) is 6.42 Å². The van der Waals surface area contributed by atoms with E-state index in [-0.39, 0.29) is 6.10 Å². The number of methoxy groups -OCH3 is 2. The topological polar surface area (TPSA) is 38.7 Å². The lowest BCUT2D eigenvalue weighted by molar-refractivity contribution is 0.0901. The second kappa shape index (κ2) is 6.29. The molecule has 0 aliphatic heterocycles. The van der Waals surface area contributed by atoms with Crippen molar-refractivity contribution in [3.8, 4) is 11.5 Å². The Balaban J connectivity index is 2.06. The molecular weight excluding hydrogens is 240 g/mol. The average Bonchev–Trinajstić information content (AvgIpc) is 2.85. The van der Waals surface area contributed by atoms with E-state index in [9.17, 15) is 5.11 Å². The van der Waals surface area contributed by atoms with Gasteiger partial charge in [0.1, 0.15) is 0 Å². The van der Waals surface area contributed by atoms with Crippen LogP contribution >= 0.6 is 0 Å². The summed E-state index contributed by atoms with van der Waals surface area (Å²) in [6.07, 6.45) is 4.07. The fourth-order valence-corrected chi connectivity index (χ4v) is 3.15. The van der Waals surface area contributed by atoms with E-state index in [1.807, 2.05) is 18.2 Å². The second-order valence-electron chi connectivity index (χ2n) is 5.53. The molecule has 2 rings (SSSR count). The molecule has 1 fully saturated rings. The Kier molecular flexibility index (Phi) is 4.70. The van der Waals surface area contributed by atoms with Crippen molar-refractivity contribution in [2.24, 2.45) is 11.8 Å². The summed E-state index contributed by atoms with van der Waals surface area (Å²) in [6, 6.07) is 5.87. The number of ether oxygens (including phenoxy) is 2. The van der Waals surface area contributed by atoms with Crippen molar-refractivity contribution < 1.29 is 14.6 Å². The van der Waals surface area contributed by atoms with Gasteiger partial charge in [-0.15, -0.1) is 0 Å². The standard InChI is InChI=1S/C16H24O3/c1-11-5-4-6-13(11)14(17)9-12-7-8-15(18-2)16(10-12)19-3/h7-8,10-11,13-14,17H,4-6,9H2,1-3H3. The predicted octanol–water partition coefficient (Wildman–Crippen LogP) is 3.04. The molecule has 0 amide bonds. The summed E-state index contributed by atoms with van der Waals surface area (Å²) >= 11 is 0. The molecule has 3 nitrogen and oxygen atoms in total. The lowest BCUT2D eigenvalue weighted by atomic mass is 9.88. The molecule has 0 saturated heterocycles. The first kappa shape index (κ1) is 14.2. The average molecular weight is 264 g/mol. The van der Waals surface area contributed by atoms with Gasteiger partial charge in [-0.2, -0.15) is 0 Å². The summed E-state index contributed by atoms with van der Waals surface area (Å²) in [6.45, 7) is 2.25. The lowest BCUT2D eigenvalue weighted by Crippen LogP contribution is -2.24. The molecule has 106 valence electrons. The van der Waals surface area contributed by atoms with Crippen LogP contribution in [0.4, 0.5) is 0 Å². The first-order valence-corrected chi connectivity index (χ1v) is 7.04. The van der Waals surface area contributed by atoms with Gasteiger partial charge in [-0.25, -0.2) is 0 Å². The number of rotatable bonds is 5. The Hall–Kier alpha value is -1.22. The Bertz CT molecular complexity index is 416. The molecule has 1 N–H and O–H groups in total. The third kappa shape index (κ3) is 3.21. The molecule has 0 aromatic heterocycles. The van der Waals surface area contributed by atoms with Crippen molar-refractivity contribution in [2.75, 3.05) is 14.2 Å². The molecular formula is C16H24O3.